The van der Waals surface area contributed by atoms with Crippen LogP contribution in [0.3, 0.4) is 0 Å². The number of aryl methyl sites for hydroxylation is 1. The second-order valence-corrected chi connectivity index (χ2v) is 4.39. The summed E-state index contributed by atoms with van der Waals surface area (Å²) < 4.78 is 0. The Morgan fingerprint density at radius 1 is 1.50 bits per heavy atom. The van der Waals surface area contributed by atoms with Crippen LogP contribution in [-0.2, 0) is 4.79 Å². The largest absolute Gasteiger partial charge is 0.480 e. The summed E-state index contributed by atoms with van der Waals surface area (Å²) in [4.78, 5) is 26.9. The SMILES string of the molecule is CC[C@H](C)[C@H](NC(=O)c1cc(C)ccn1)C(=O)O. The van der Waals surface area contributed by atoms with Crippen molar-refractivity contribution < 1.29 is 14.7 Å². The number of aromatic nitrogens is 1. The fourth-order valence-electron chi connectivity index (χ4n) is 1.56. The zero-order valence-electron chi connectivity index (χ0n) is 10.8. The fourth-order valence-corrected chi connectivity index (χ4v) is 1.56. The molecule has 1 amide bonds. The molecule has 1 heterocycles. The Balaban J connectivity index is 2.82. The van der Waals surface area contributed by atoms with Gasteiger partial charge in [0, 0.05) is 6.20 Å². The maximum atomic E-state index is 11.9. The maximum absolute atomic E-state index is 11.9. The average Bonchev–Trinajstić information content (AvgIpc) is 2.34. The second kappa shape index (κ2) is 6.14. The average molecular weight is 250 g/mol. The van der Waals surface area contributed by atoms with Crippen LogP contribution in [-0.4, -0.2) is 28.0 Å². The van der Waals surface area contributed by atoms with E-state index in [9.17, 15) is 9.59 Å². The quantitative estimate of drug-likeness (QED) is 0.832. The Bertz CT molecular complexity index is 446. The topological polar surface area (TPSA) is 79.3 Å². The molecule has 1 aromatic rings. The van der Waals surface area contributed by atoms with E-state index in [0.29, 0.717) is 6.42 Å². The van der Waals surface area contributed by atoms with Gasteiger partial charge in [-0.15, -0.1) is 0 Å². The number of hydrogen-bond donors (Lipinski definition) is 2. The number of carbonyl (C=O) groups is 2. The molecule has 0 saturated carbocycles. The van der Waals surface area contributed by atoms with E-state index >= 15 is 0 Å². The first-order valence-electron chi connectivity index (χ1n) is 5.92. The van der Waals surface area contributed by atoms with Gasteiger partial charge in [-0.1, -0.05) is 20.3 Å². The van der Waals surface area contributed by atoms with Crippen LogP contribution >= 0.6 is 0 Å². The fraction of sp³-hybridized carbons (Fsp3) is 0.462. The van der Waals surface area contributed by atoms with Gasteiger partial charge in [0.15, 0.2) is 0 Å². The zero-order valence-corrected chi connectivity index (χ0v) is 10.8. The van der Waals surface area contributed by atoms with Gasteiger partial charge < -0.3 is 10.4 Å². The van der Waals surface area contributed by atoms with Crippen LogP contribution in [0.25, 0.3) is 0 Å². The molecule has 0 saturated heterocycles. The third-order valence-electron chi connectivity index (χ3n) is 2.91. The molecule has 0 aliphatic rings. The third kappa shape index (κ3) is 3.55. The first-order valence-corrected chi connectivity index (χ1v) is 5.92. The highest BCUT2D eigenvalue weighted by Crippen LogP contribution is 2.09. The molecule has 0 unspecified atom stereocenters. The van der Waals surface area contributed by atoms with Crippen molar-refractivity contribution in [2.75, 3.05) is 0 Å². The van der Waals surface area contributed by atoms with Gasteiger partial charge >= 0.3 is 5.97 Å². The molecule has 0 bridgehead atoms. The lowest BCUT2D eigenvalue weighted by molar-refractivity contribution is -0.140. The third-order valence-corrected chi connectivity index (χ3v) is 2.91. The molecule has 0 aliphatic carbocycles. The van der Waals surface area contributed by atoms with Crippen LogP contribution in [0.5, 0.6) is 0 Å². The number of hydrogen-bond acceptors (Lipinski definition) is 3. The summed E-state index contributed by atoms with van der Waals surface area (Å²) in [7, 11) is 0. The number of nitrogens with zero attached hydrogens (tertiary/aromatic N) is 1. The van der Waals surface area contributed by atoms with Gasteiger partial charge in [-0.3, -0.25) is 9.78 Å². The predicted molar refractivity (Wildman–Crippen MR) is 67.3 cm³/mol. The van der Waals surface area contributed by atoms with E-state index in [1.165, 1.54) is 6.20 Å². The Labute approximate surface area is 106 Å². The second-order valence-electron chi connectivity index (χ2n) is 4.39. The number of nitrogens with one attached hydrogen (secondary N) is 1. The summed E-state index contributed by atoms with van der Waals surface area (Å²) >= 11 is 0. The molecule has 0 radical (unpaired) electrons. The van der Waals surface area contributed by atoms with E-state index in [1.807, 2.05) is 13.8 Å². The first-order chi connectivity index (χ1) is 8.45. The molecule has 2 N–H and O–H groups in total. The van der Waals surface area contributed by atoms with E-state index in [2.05, 4.69) is 10.3 Å². The van der Waals surface area contributed by atoms with Crippen molar-refractivity contribution in [2.45, 2.75) is 33.2 Å². The molecule has 18 heavy (non-hydrogen) atoms. The number of carbonyl (C=O) groups excluding carboxylic acids is 1. The Morgan fingerprint density at radius 3 is 2.67 bits per heavy atom. The minimum atomic E-state index is -1.02. The minimum absolute atomic E-state index is 0.128. The monoisotopic (exact) mass is 250 g/mol. The van der Waals surface area contributed by atoms with Crippen LogP contribution in [0.2, 0.25) is 0 Å². The number of aliphatic carboxylic acids is 1. The van der Waals surface area contributed by atoms with Gasteiger partial charge in [-0.2, -0.15) is 0 Å². The Hall–Kier alpha value is -1.91. The lowest BCUT2D eigenvalue weighted by Crippen LogP contribution is -2.45. The van der Waals surface area contributed by atoms with Crippen LogP contribution in [0.4, 0.5) is 0 Å². The number of carboxylic acids is 1. The van der Waals surface area contributed by atoms with Gasteiger partial charge in [0.25, 0.3) is 5.91 Å². The summed E-state index contributed by atoms with van der Waals surface area (Å²) in [5, 5.41) is 11.6. The molecule has 0 aromatic carbocycles. The van der Waals surface area contributed by atoms with E-state index in [1.54, 1.807) is 19.1 Å². The lowest BCUT2D eigenvalue weighted by atomic mass is 9.99. The van der Waals surface area contributed by atoms with Crippen molar-refractivity contribution in [3.63, 3.8) is 0 Å². The van der Waals surface area contributed by atoms with Gasteiger partial charge in [0.2, 0.25) is 0 Å². The van der Waals surface area contributed by atoms with Crippen molar-refractivity contribution in [3.8, 4) is 0 Å². The summed E-state index contributed by atoms with van der Waals surface area (Å²) in [5.74, 6) is -1.60. The van der Waals surface area contributed by atoms with Gasteiger partial charge in [-0.05, 0) is 30.5 Å². The van der Waals surface area contributed by atoms with Crippen molar-refractivity contribution in [3.05, 3.63) is 29.6 Å². The first kappa shape index (κ1) is 14.2. The molecule has 98 valence electrons. The normalized spacial score (nSPS) is 13.7. The van der Waals surface area contributed by atoms with Crippen LogP contribution in [0.1, 0.15) is 36.3 Å². The molecule has 1 aromatic heterocycles. The van der Waals surface area contributed by atoms with Crippen molar-refractivity contribution in [1.82, 2.24) is 10.3 Å². The smallest absolute Gasteiger partial charge is 0.326 e. The maximum Gasteiger partial charge on any atom is 0.326 e. The van der Waals surface area contributed by atoms with Gasteiger partial charge in [0.05, 0.1) is 0 Å². The van der Waals surface area contributed by atoms with Gasteiger partial charge in [-0.25, -0.2) is 4.79 Å². The summed E-state index contributed by atoms with van der Waals surface area (Å²) in [6.07, 6.45) is 2.21. The Morgan fingerprint density at radius 2 is 2.17 bits per heavy atom. The van der Waals surface area contributed by atoms with E-state index in [4.69, 9.17) is 5.11 Å². The number of rotatable bonds is 5. The van der Waals surface area contributed by atoms with E-state index < -0.39 is 17.9 Å². The summed E-state index contributed by atoms with van der Waals surface area (Å²) in [5.41, 5.74) is 1.15. The lowest BCUT2D eigenvalue weighted by Gasteiger charge is -2.19. The van der Waals surface area contributed by atoms with E-state index in [0.717, 1.165) is 5.56 Å². The molecule has 0 spiro atoms. The standard InChI is InChI=1S/C13H18N2O3/c1-4-9(3)11(13(17)18)15-12(16)10-7-8(2)5-6-14-10/h5-7,9,11H,4H2,1-3H3,(H,15,16)(H,17,18)/t9-,11-/m0/s1. The van der Waals surface area contributed by atoms with Crippen LogP contribution < -0.4 is 5.32 Å². The van der Waals surface area contributed by atoms with Crippen LogP contribution in [0.15, 0.2) is 18.3 Å². The molecular weight excluding hydrogens is 232 g/mol. The highest BCUT2D eigenvalue weighted by atomic mass is 16.4. The molecule has 2 atom stereocenters. The Kier molecular flexibility index (Phi) is 4.83. The number of amides is 1. The summed E-state index contributed by atoms with van der Waals surface area (Å²) in [6, 6.07) is 2.52. The van der Waals surface area contributed by atoms with Crippen LogP contribution in [0, 0.1) is 12.8 Å². The minimum Gasteiger partial charge on any atom is -0.480 e. The highest BCUT2D eigenvalue weighted by Gasteiger charge is 2.26. The highest BCUT2D eigenvalue weighted by molar-refractivity contribution is 5.95. The van der Waals surface area contributed by atoms with Crippen molar-refractivity contribution in [1.29, 1.82) is 0 Å². The zero-order chi connectivity index (χ0) is 13.7. The number of carboxylic acid groups (broad SMARTS) is 1. The van der Waals surface area contributed by atoms with E-state index in [-0.39, 0.29) is 11.6 Å². The van der Waals surface area contributed by atoms with Crippen molar-refractivity contribution >= 4 is 11.9 Å². The molecule has 0 aliphatic heterocycles. The van der Waals surface area contributed by atoms with Crippen molar-refractivity contribution in [2.24, 2.45) is 5.92 Å². The molecule has 5 heteroatoms. The molecule has 5 nitrogen and oxygen atoms in total. The molecular formula is C13H18N2O3. The molecule has 1 rings (SSSR count). The predicted octanol–water partition coefficient (Wildman–Crippen LogP) is 1.62. The summed E-state index contributed by atoms with van der Waals surface area (Å²) in [6.45, 7) is 5.53. The molecule has 0 fully saturated rings. The van der Waals surface area contributed by atoms with Gasteiger partial charge in [0.1, 0.15) is 11.7 Å². The number of pyridine rings is 1.